The Labute approximate surface area is 189 Å². The van der Waals surface area contributed by atoms with Crippen LogP contribution in [0.2, 0.25) is 0 Å². The highest BCUT2D eigenvalue weighted by Gasteiger charge is 2.35. The van der Waals surface area contributed by atoms with Crippen LogP contribution < -0.4 is 27.0 Å². The molecule has 184 valence electrons. The Bertz CT molecular complexity index is 638. The number of hydrogen-bond donors (Lipinski definition) is 7. The SMILES string of the molecule is CCC(C)C(NC(=O)C(NC(=O)C1CCCN1)C(C)O)C(=O)NC(CCCCN)C(=O)O. The average Bonchev–Trinajstić information content (AvgIpc) is 3.28. The third-order valence-corrected chi connectivity index (χ3v) is 5.79. The number of nitrogens with two attached hydrogens (primary N) is 1. The lowest BCUT2D eigenvalue weighted by atomic mass is 9.96. The van der Waals surface area contributed by atoms with Crippen molar-refractivity contribution in [3.8, 4) is 0 Å². The minimum Gasteiger partial charge on any atom is -0.480 e. The van der Waals surface area contributed by atoms with Gasteiger partial charge in [-0.3, -0.25) is 14.4 Å². The maximum atomic E-state index is 12.9. The highest BCUT2D eigenvalue weighted by atomic mass is 16.4. The zero-order valence-electron chi connectivity index (χ0n) is 19.2. The number of hydrogen-bond acceptors (Lipinski definition) is 7. The second-order valence-corrected chi connectivity index (χ2v) is 8.43. The number of carbonyl (C=O) groups excluding carboxylic acids is 3. The molecule has 0 aliphatic carbocycles. The summed E-state index contributed by atoms with van der Waals surface area (Å²) < 4.78 is 0. The number of aliphatic carboxylic acids is 1. The van der Waals surface area contributed by atoms with E-state index >= 15 is 0 Å². The molecule has 0 radical (unpaired) electrons. The smallest absolute Gasteiger partial charge is 0.326 e. The summed E-state index contributed by atoms with van der Waals surface area (Å²) in [6.45, 7) is 6.10. The quantitative estimate of drug-likeness (QED) is 0.159. The normalized spacial score (nSPS) is 20.5. The number of carboxylic acids is 1. The number of unbranched alkanes of at least 4 members (excludes halogenated alkanes) is 1. The van der Waals surface area contributed by atoms with Crippen LogP contribution in [0.25, 0.3) is 0 Å². The highest BCUT2D eigenvalue weighted by Crippen LogP contribution is 2.11. The number of amides is 3. The standard InChI is InChI=1S/C21H39N5O6/c1-4-12(2)16(19(29)24-15(21(31)32)8-5-6-10-22)25-20(30)17(13(3)27)26-18(28)14-9-7-11-23-14/h12-17,23,27H,4-11,22H2,1-3H3,(H,24,29)(H,25,30)(H,26,28)(H,31,32). The number of aliphatic hydroxyl groups excluding tert-OH is 1. The van der Waals surface area contributed by atoms with Gasteiger partial charge in [-0.15, -0.1) is 0 Å². The molecular formula is C21H39N5O6. The number of rotatable bonds is 14. The summed E-state index contributed by atoms with van der Waals surface area (Å²) in [6, 6.07) is -3.79. The van der Waals surface area contributed by atoms with E-state index in [-0.39, 0.29) is 18.2 Å². The van der Waals surface area contributed by atoms with Crippen molar-refractivity contribution in [3.05, 3.63) is 0 Å². The van der Waals surface area contributed by atoms with Gasteiger partial charge in [0.15, 0.2) is 0 Å². The fraction of sp³-hybridized carbons (Fsp3) is 0.810. The molecule has 11 nitrogen and oxygen atoms in total. The van der Waals surface area contributed by atoms with E-state index in [0.717, 1.165) is 6.42 Å². The Kier molecular flexibility index (Phi) is 12.2. The summed E-state index contributed by atoms with van der Waals surface area (Å²) in [5.41, 5.74) is 5.44. The van der Waals surface area contributed by atoms with Crippen molar-refractivity contribution in [2.24, 2.45) is 11.7 Å². The van der Waals surface area contributed by atoms with Crippen LogP contribution in [-0.4, -0.2) is 77.3 Å². The Balaban J connectivity index is 2.87. The minimum atomic E-state index is -1.25. The van der Waals surface area contributed by atoms with Gasteiger partial charge in [0.2, 0.25) is 17.7 Å². The van der Waals surface area contributed by atoms with Crippen LogP contribution in [0.1, 0.15) is 59.3 Å². The topological polar surface area (TPSA) is 183 Å². The number of nitrogens with one attached hydrogen (secondary N) is 4. The molecule has 1 saturated heterocycles. The van der Waals surface area contributed by atoms with E-state index in [2.05, 4.69) is 21.3 Å². The summed E-state index contributed by atoms with van der Waals surface area (Å²) in [6.07, 6.45) is 2.23. The van der Waals surface area contributed by atoms with Crippen molar-refractivity contribution < 1.29 is 29.4 Å². The molecule has 0 aromatic rings. The van der Waals surface area contributed by atoms with E-state index in [4.69, 9.17) is 5.73 Å². The van der Waals surface area contributed by atoms with Crippen LogP contribution in [0.5, 0.6) is 0 Å². The zero-order valence-corrected chi connectivity index (χ0v) is 19.2. The molecular weight excluding hydrogens is 418 g/mol. The van der Waals surface area contributed by atoms with Crippen LogP contribution in [0, 0.1) is 5.92 Å². The first-order chi connectivity index (χ1) is 15.1. The third kappa shape index (κ3) is 8.71. The van der Waals surface area contributed by atoms with Gasteiger partial charge in [-0.2, -0.15) is 0 Å². The summed E-state index contributed by atoms with van der Waals surface area (Å²) in [5.74, 6) is -3.19. The lowest BCUT2D eigenvalue weighted by molar-refractivity contribution is -0.143. The maximum Gasteiger partial charge on any atom is 0.326 e. The first-order valence-corrected chi connectivity index (χ1v) is 11.4. The average molecular weight is 458 g/mol. The highest BCUT2D eigenvalue weighted by molar-refractivity contribution is 5.94. The van der Waals surface area contributed by atoms with Crippen molar-refractivity contribution in [3.63, 3.8) is 0 Å². The molecule has 1 aliphatic rings. The van der Waals surface area contributed by atoms with E-state index in [0.29, 0.717) is 38.8 Å². The molecule has 6 atom stereocenters. The molecule has 1 rings (SSSR count). The Morgan fingerprint density at radius 1 is 1.06 bits per heavy atom. The van der Waals surface area contributed by atoms with E-state index in [1.807, 2.05) is 6.92 Å². The van der Waals surface area contributed by atoms with E-state index in [9.17, 15) is 29.4 Å². The summed E-state index contributed by atoms with van der Waals surface area (Å²) in [5, 5.41) is 30.2. The molecule has 8 N–H and O–H groups in total. The second kappa shape index (κ2) is 14.0. The predicted octanol–water partition coefficient (Wildman–Crippen LogP) is -1.17. The van der Waals surface area contributed by atoms with Crippen LogP contribution in [0.3, 0.4) is 0 Å². The first-order valence-electron chi connectivity index (χ1n) is 11.4. The van der Waals surface area contributed by atoms with Crippen molar-refractivity contribution in [1.82, 2.24) is 21.3 Å². The van der Waals surface area contributed by atoms with Crippen LogP contribution in [-0.2, 0) is 19.2 Å². The maximum absolute atomic E-state index is 12.9. The fourth-order valence-electron chi connectivity index (χ4n) is 3.52. The molecule has 3 amide bonds. The number of carboxylic acid groups (broad SMARTS) is 1. The molecule has 1 aliphatic heterocycles. The van der Waals surface area contributed by atoms with Gasteiger partial charge in [0.25, 0.3) is 0 Å². The predicted molar refractivity (Wildman–Crippen MR) is 118 cm³/mol. The van der Waals surface area contributed by atoms with Gasteiger partial charge in [-0.1, -0.05) is 20.3 Å². The number of carbonyl (C=O) groups is 4. The Hall–Kier alpha value is -2.24. The molecule has 0 bridgehead atoms. The van der Waals surface area contributed by atoms with Crippen LogP contribution in [0.15, 0.2) is 0 Å². The molecule has 0 aromatic heterocycles. The van der Waals surface area contributed by atoms with Crippen LogP contribution >= 0.6 is 0 Å². The monoisotopic (exact) mass is 457 g/mol. The van der Waals surface area contributed by atoms with Gasteiger partial charge in [-0.05, 0) is 58.0 Å². The van der Waals surface area contributed by atoms with Crippen molar-refractivity contribution in [2.75, 3.05) is 13.1 Å². The van der Waals surface area contributed by atoms with Gasteiger partial charge in [0.1, 0.15) is 18.1 Å². The minimum absolute atomic E-state index is 0.222. The van der Waals surface area contributed by atoms with Gasteiger partial charge in [0.05, 0.1) is 12.1 Å². The largest absolute Gasteiger partial charge is 0.480 e. The van der Waals surface area contributed by atoms with Gasteiger partial charge in [0, 0.05) is 0 Å². The lowest BCUT2D eigenvalue weighted by Gasteiger charge is -2.29. The van der Waals surface area contributed by atoms with Crippen LogP contribution in [0.4, 0.5) is 0 Å². The fourth-order valence-corrected chi connectivity index (χ4v) is 3.52. The number of aliphatic hydroxyl groups is 1. The van der Waals surface area contributed by atoms with E-state index in [1.165, 1.54) is 6.92 Å². The summed E-state index contributed by atoms with van der Waals surface area (Å²) in [4.78, 5) is 49.7. The Morgan fingerprint density at radius 3 is 2.22 bits per heavy atom. The second-order valence-electron chi connectivity index (χ2n) is 8.43. The summed E-state index contributed by atoms with van der Waals surface area (Å²) >= 11 is 0. The molecule has 0 saturated carbocycles. The van der Waals surface area contributed by atoms with Gasteiger partial charge in [-0.25, -0.2) is 4.79 Å². The molecule has 1 heterocycles. The first kappa shape index (κ1) is 27.8. The van der Waals surface area contributed by atoms with Crippen molar-refractivity contribution in [1.29, 1.82) is 0 Å². The lowest BCUT2D eigenvalue weighted by Crippen LogP contribution is -2.60. The zero-order chi connectivity index (χ0) is 24.3. The molecule has 0 spiro atoms. The molecule has 0 aromatic carbocycles. The Morgan fingerprint density at radius 2 is 1.72 bits per heavy atom. The molecule has 1 fully saturated rings. The van der Waals surface area contributed by atoms with E-state index in [1.54, 1.807) is 6.92 Å². The van der Waals surface area contributed by atoms with Gasteiger partial charge < -0.3 is 37.2 Å². The molecule has 6 unspecified atom stereocenters. The van der Waals surface area contributed by atoms with Gasteiger partial charge >= 0.3 is 5.97 Å². The summed E-state index contributed by atoms with van der Waals surface area (Å²) in [7, 11) is 0. The molecule has 11 heteroatoms. The van der Waals surface area contributed by atoms with Crippen molar-refractivity contribution in [2.45, 2.75) is 89.6 Å². The van der Waals surface area contributed by atoms with Crippen molar-refractivity contribution >= 4 is 23.7 Å². The third-order valence-electron chi connectivity index (χ3n) is 5.79. The molecule has 32 heavy (non-hydrogen) atoms. The van der Waals surface area contributed by atoms with E-state index < -0.39 is 48.1 Å².